The number of carbonyl (C=O) groups excluding carboxylic acids is 2. The number of Topliss-reactive ketones (excluding diaryl/α,β-unsaturated/α-hetero) is 1. The summed E-state index contributed by atoms with van der Waals surface area (Å²) in [4.78, 5) is 36.7. The minimum Gasteiger partial charge on any atom is -0.308 e. The fraction of sp³-hybridized carbons (Fsp3) is 0.167. The molecule has 1 aliphatic heterocycles. The van der Waals surface area contributed by atoms with Gasteiger partial charge in [0.25, 0.3) is 11.7 Å². The van der Waals surface area contributed by atoms with E-state index in [1.165, 1.54) is 21.2 Å². The number of aromatic nitrogens is 3. The van der Waals surface area contributed by atoms with Gasteiger partial charge in [-0.15, -0.1) is 5.10 Å². The van der Waals surface area contributed by atoms with E-state index in [-0.39, 0.29) is 5.69 Å². The van der Waals surface area contributed by atoms with Crippen LogP contribution in [-0.2, 0) is 11.8 Å². The molecule has 0 saturated carbocycles. The van der Waals surface area contributed by atoms with Crippen LogP contribution in [0.2, 0.25) is 0 Å². The number of aromatic amines is 1. The zero-order chi connectivity index (χ0) is 14.4. The zero-order valence-corrected chi connectivity index (χ0v) is 11.5. The van der Waals surface area contributed by atoms with E-state index in [9.17, 15) is 14.4 Å². The van der Waals surface area contributed by atoms with Gasteiger partial charge in [-0.3, -0.25) is 14.2 Å². The minimum atomic E-state index is -0.533. The largest absolute Gasteiger partial charge is 0.343 e. The van der Waals surface area contributed by atoms with Gasteiger partial charge in [-0.05, 0) is 30.0 Å². The first-order valence-corrected chi connectivity index (χ1v) is 6.56. The van der Waals surface area contributed by atoms with Crippen molar-refractivity contribution in [3.05, 3.63) is 34.2 Å². The van der Waals surface area contributed by atoms with E-state index in [2.05, 4.69) is 10.2 Å². The first kappa shape index (κ1) is 12.7. The third-order valence-electron chi connectivity index (χ3n) is 3.12. The molecule has 0 fully saturated rings. The Morgan fingerprint density at radius 1 is 1.20 bits per heavy atom. The monoisotopic (exact) mass is 290 g/mol. The molecule has 1 aromatic heterocycles. The number of likely N-dealkylation sites (N-methyl/N-ethyl adjacent to an activating group) is 1. The number of rotatable bonds is 2. The van der Waals surface area contributed by atoms with Gasteiger partial charge < -0.3 is 4.90 Å². The second kappa shape index (κ2) is 4.34. The van der Waals surface area contributed by atoms with Crippen molar-refractivity contribution in [1.29, 1.82) is 0 Å². The van der Waals surface area contributed by atoms with Gasteiger partial charge in [-0.1, -0.05) is 0 Å². The van der Waals surface area contributed by atoms with Crippen LogP contribution < -0.4 is 10.6 Å². The minimum absolute atomic E-state index is 0.295. The molecular weight excluding hydrogens is 280 g/mol. The second-order valence-electron chi connectivity index (χ2n) is 4.34. The molecule has 0 spiro atoms. The van der Waals surface area contributed by atoms with Gasteiger partial charge in [0, 0.05) is 19.0 Å². The van der Waals surface area contributed by atoms with Crippen LogP contribution in [0.25, 0.3) is 0 Å². The molecular formula is C12H10N4O3S. The van der Waals surface area contributed by atoms with Crippen molar-refractivity contribution in [1.82, 2.24) is 14.8 Å². The van der Waals surface area contributed by atoms with Crippen molar-refractivity contribution in [2.45, 2.75) is 10.1 Å². The topological polar surface area (TPSA) is 88.1 Å². The Labute approximate surface area is 117 Å². The Hall–Kier alpha value is -2.35. The van der Waals surface area contributed by atoms with Crippen molar-refractivity contribution in [3.63, 3.8) is 0 Å². The van der Waals surface area contributed by atoms with E-state index in [0.717, 1.165) is 4.90 Å². The maximum Gasteiger partial charge on any atom is 0.343 e. The van der Waals surface area contributed by atoms with Crippen LogP contribution in [0.1, 0.15) is 10.4 Å². The third kappa shape index (κ3) is 1.76. The fourth-order valence-electron chi connectivity index (χ4n) is 1.95. The van der Waals surface area contributed by atoms with Gasteiger partial charge in [0.1, 0.15) is 0 Å². The van der Waals surface area contributed by atoms with E-state index in [4.69, 9.17) is 0 Å². The lowest BCUT2D eigenvalue weighted by Crippen LogP contribution is -2.24. The Kier molecular flexibility index (Phi) is 2.75. The van der Waals surface area contributed by atoms with Crippen molar-refractivity contribution < 1.29 is 9.59 Å². The number of nitrogens with zero attached hydrogens (tertiary/aromatic N) is 3. The number of carbonyl (C=O) groups is 2. The molecule has 2 heterocycles. The Morgan fingerprint density at radius 3 is 2.60 bits per heavy atom. The molecule has 0 aliphatic carbocycles. The van der Waals surface area contributed by atoms with Crippen molar-refractivity contribution in [3.8, 4) is 0 Å². The van der Waals surface area contributed by atoms with Crippen LogP contribution >= 0.6 is 11.8 Å². The van der Waals surface area contributed by atoms with Gasteiger partial charge in [0.15, 0.2) is 5.16 Å². The molecule has 0 radical (unpaired) electrons. The maximum absolute atomic E-state index is 11.7. The van der Waals surface area contributed by atoms with Crippen LogP contribution in [0.15, 0.2) is 33.0 Å². The van der Waals surface area contributed by atoms with Crippen molar-refractivity contribution in [2.24, 2.45) is 7.05 Å². The second-order valence-corrected chi connectivity index (χ2v) is 5.39. The van der Waals surface area contributed by atoms with Crippen LogP contribution in [0.4, 0.5) is 5.69 Å². The number of fused-ring (bicyclic) bond motifs is 1. The third-order valence-corrected chi connectivity index (χ3v) is 4.16. The smallest absolute Gasteiger partial charge is 0.308 e. The summed E-state index contributed by atoms with van der Waals surface area (Å²) in [5.41, 5.74) is 0.680. The van der Waals surface area contributed by atoms with Crippen LogP contribution in [-0.4, -0.2) is 33.5 Å². The van der Waals surface area contributed by atoms with Crippen LogP contribution in [0.5, 0.6) is 0 Å². The number of ketones is 1. The average molecular weight is 290 g/mol. The normalized spacial score (nSPS) is 14.0. The molecule has 2 aromatic rings. The molecule has 1 amide bonds. The summed E-state index contributed by atoms with van der Waals surface area (Å²) in [6, 6.07) is 5.08. The highest BCUT2D eigenvalue weighted by Crippen LogP contribution is 2.34. The highest BCUT2D eigenvalue weighted by atomic mass is 32.2. The maximum atomic E-state index is 11.7. The van der Waals surface area contributed by atoms with E-state index in [1.54, 1.807) is 32.3 Å². The van der Waals surface area contributed by atoms with Gasteiger partial charge in [-0.2, -0.15) is 0 Å². The van der Waals surface area contributed by atoms with E-state index in [1.807, 2.05) is 0 Å². The van der Waals surface area contributed by atoms with Crippen molar-refractivity contribution >= 4 is 29.1 Å². The highest BCUT2D eigenvalue weighted by Gasteiger charge is 2.33. The lowest BCUT2D eigenvalue weighted by molar-refractivity contribution is -0.114. The van der Waals surface area contributed by atoms with Gasteiger partial charge in [0.05, 0.1) is 11.3 Å². The molecule has 20 heavy (non-hydrogen) atoms. The molecule has 0 saturated heterocycles. The standard InChI is InChI=1S/C12H10N4O3S/c1-15-8-5-6(3-4-7(8)9(17)10(15)18)20-12-14-13-11(19)16(12)2/h3-5H,1-2H3,(H,13,19). The zero-order valence-electron chi connectivity index (χ0n) is 10.7. The first-order valence-electron chi connectivity index (χ1n) is 5.74. The molecule has 1 aliphatic rings. The van der Waals surface area contributed by atoms with Gasteiger partial charge >= 0.3 is 5.69 Å². The number of H-pyrrole nitrogens is 1. The molecule has 8 heteroatoms. The number of nitrogens with one attached hydrogen (secondary N) is 1. The summed E-state index contributed by atoms with van der Waals surface area (Å²) < 4.78 is 1.39. The number of hydrogen-bond acceptors (Lipinski definition) is 5. The molecule has 0 atom stereocenters. The number of benzene rings is 1. The molecule has 0 bridgehead atoms. The number of amides is 1. The first-order chi connectivity index (χ1) is 9.49. The van der Waals surface area contributed by atoms with Gasteiger partial charge in [0.2, 0.25) is 0 Å². The Morgan fingerprint density at radius 2 is 1.95 bits per heavy atom. The molecule has 0 unspecified atom stereocenters. The molecule has 1 aromatic carbocycles. The predicted octanol–water partition coefficient (Wildman–Crippen LogP) is 0.419. The number of anilines is 1. The summed E-state index contributed by atoms with van der Waals surface area (Å²) in [7, 11) is 3.17. The number of hydrogen-bond donors (Lipinski definition) is 1. The van der Waals surface area contributed by atoms with Crippen LogP contribution in [0, 0.1) is 0 Å². The Bertz CT molecular complexity index is 792. The summed E-state index contributed by atoms with van der Waals surface area (Å²) in [5, 5.41) is 6.75. The summed E-state index contributed by atoms with van der Waals surface area (Å²) in [6.45, 7) is 0. The SMILES string of the molecule is CN1C(=O)C(=O)c2ccc(Sc3n[nH]c(=O)n3C)cc21. The van der Waals surface area contributed by atoms with Gasteiger partial charge in [-0.25, -0.2) is 9.89 Å². The Balaban J connectivity index is 1.98. The predicted molar refractivity (Wildman–Crippen MR) is 72.1 cm³/mol. The lowest BCUT2D eigenvalue weighted by Gasteiger charge is -2.09. The van der Waals surface area contributed by atoms with E-state index < -0.39 is 11.7 Å². The highest BCUT2D eigenvalue weighted by molar-refractivity contribution is 7.99. The molecule has 1 N–H and O–H groups in total. The fourth-order valence-corrected chi connectivity index (χ4v) is 2.78. The summed E-state index contributed by atoms with van der Waals surface area (Å²) in [5.74, 6) is -1.03. The molecule has 102 valence electrons. The van der Waals surface area contributed by atoms with E-state index >= 15 is 0 Å². The lowest BCUT2D eigenvalue weighted by atomic mass is 10.1. The quantitative estimate of drug-likeness (QED) is 0.810. The average Bonchev–Trinajstić information content (AvgIpc) is 2.86. The van der Waals surface area contributed by atoms with Crippen molar-refractivity contribution in [2.75, 3.05) is 11.9 Å². The van der Waals surface area contributed by atoms with Crippen LogP contribution in [0.3, 0.4) is 0 Å². The molecule has 3 rings (SSSR count). The summed E-state index contributed by atoms with van der Waals surface area (Å²) in [6.07, 6.45) is 0. The van der Waals surface area contributed by atoms with E-state index in [0.29, 0.717) is 16.4 Å². The summed E-state index contributed by atoms with van der Waals surface area (Å²) >= 11 is 1.28. The molecule has 7 nitrogen and oxygen atoms in total.